The van der Waals surface area contributed by atoms with E-state index in [-0.39, 0.29) is 0 Å². The fraction of sp³-hybridized carbons (Fsp3) is 1.00. The van der Waals surface area contributed by atoms with Crippen molar-refractivity contribution in [2.75, 3.05) is 13.6 Å². The molecule has 1 unspecified atom stereocenters. The average Bonchev–Trinajstić information content (AvgIpc) is 1.67. The molecule has 0 radical (unpaired) electrons. The molecule has 0 saturated heterocycles. The maximum atomic E-state index is 3.15. The lowest BCUT2D eigenvalue weighted by molar-refractivity contribution is 0.405. The van der Waals surface area contributed by atoms with Crippen LogP contribution in [0, 0.1) is 11.8 Å². The van der Waals surface area contributed by atoms with Gasteiger partial charge in [-0.1, -0.05) is 20.8 Å². The Labute approximate surface area is 52.5 Å². The van der Waals surface area contributed by atoms with E-state index in [4.69, 9.17) is 0 Å². The van der Waals surface area contributed by atoms with Gasteiger partial charge in [-0.05, 0) is 25.4 Å². The minimum Gasteiger partial charge on any atom is -0.319 e. The van der Waals surface area contributed by atoms with Gasteiger partial charge in [0.15, 0.2) is 0 Å². The second kappa shape index (κ2) is 3.90. The molecule has 0 bridgehead atoms. The second-order valence-corrected chi connectivity index (χ2v) is 2.78. The molecule has 0 aromatic carbocycles. The summed E-state index contributed by atoms with van der Waals surface area (Å²) in [6.07, 6.45) is 0. The third-order valence-electron chi connectivity index (χ3n) is 1.66. The smallest absolute Gasteiger partial charge is 0.00237 e. The van der Waals surface area contributed by atoms with Crippen molar-refractivity contribution in [1.82, 2.24) is 5.32 Å². The Balaban J connectivity index is 3.17. The van der Waals surface area contributed by atoms with Crippen LogP contribution in [0.15, 0.2) is 0 Å². The molecule has 0 aliphatic carbocycles. The summed E-state index contributed by atoms with van der Waals surface area (Å²) in [4.78, 5) is 0. The van der Waals surface area contributed by atoms with Gasteiger partial charge in [0.2, 0.25) is 0 Å². The molecule has 0 aromatic rings. The van der Waals surface area contributed by atoms with Gasteiger partial charge in [-0.15, -0.1) is 0 Å². The molecule has 0 aromatic heterocycles. The first-order valence-corrected chi connectivity index (χ1v) is 3.33. The first kappa shape index (κ1) is 7.96. The molecule has 0 heterocycles. The molecule has 50 valence electrons. The first-order valence-electron chi connectivity index (χ1n) is 3.33. The summed E-state index contributed by atoms with van der Waals surface area (Å²) < 4.78 is 0. The summed E-state index contributed by atoms with van der Waals surface area (Å²) in [7, 11) is 2.00. The lowest BCUT2D eigenvalue weighted by Gasteiger charge is -2.13. The third-order valence-corrected chi connectivity index (χ3v) is 1.66. The van der Waals surface area contributed by atoms with Crippen LogP contribution in [0.5, 0.6) is 0 Å². The first-order chi connectivity index (χ1) is 3.68. The Morgan fingerprint density at radius 1 is 1.25 bits per heavy atom. The number of rotatable bonds is 3. The van der Waals surface area contributed by atoms with Crippen LogP contribution in [0.4, 0.5) is 0 Å². The van der Waals surface area contributed by atoms with Crippen molar-refractivity contribution in [2.24, 2.45) is 11.8 Å². The number of hydrogen-bond donors (Lipinski definition) is 1. The van der Waals surface area contributed by atoms with Gasteiger partial charge in [0.05, 0.1) is 0 Å². The summed E-state index contributed by atoms with van der Waals surface area (Å²) >= 11 is 0. The highest BCUT2D eigenvalue weighted by molar-refractivity contribution is 4.57. The molecular formula is C7H17N. The van der Waals surface area contributed by atoms with Crippen molar-refractivity contribution >= 4 is 0 Å². The second-order valence-electron chi connectivity index (χ2n) is 2.78. The van der Waals surface area contributed by atoms with Crippen LogP contribution < -0.4 is 5.32 Å². The van der Waals surface area contributed by atoms with Crippen molar-refractivity contribution in [3.8, 4) is 0 Å². The van der Waals surface area contributed by atoms with E-state index < -0.39 is 0 Å². The summed E-state index contributed by atoms with van der Waals surface area (Å²) in [5, 5.41) is 3.15. The zero-order chi connectivity index (χ0) is 6.57. The van der Waals surface area contributed by atoms with Gasteiger partial charge in [-0.25, -0.2) is 0 Å². The minimum atomic E-state index is 0.806. The Kier molecular flexibility index (Phi) is 3.88. The van der Waals surface area contributed by atoms with E-state index in [1.165, 1.54) is 0 Å². The van der Waals surface area contributed by atoms with Crippen molar-refractivity contribution in [3.63, 3.8) is 0 Å². The molecule has 0 aliphatic heterocycles. The molecule has 1 heteroatoms. The minimum absolute atomic E-state index is 0.806. The van der Waals surface area contributed by atoms with Crippen molar-refractivity contribution in [1.29, 1.82) is 0 Å². The van der Waals surface area contributed by atoms with E-state index in [0.29, 0.717) is 0 Å². The van der Waals surface area contributed by atoms with Gasteiger partial charge in [0.25, 0.3) is 0 Å². The molecule has 0 aliphatic rings. The van der Waals surface area contributed by atoms with Crippen LogP contribution in [0.25, 0.3) is 0 Å². The van der Waals surface area contributed by atoms with Gasteiger partial charge >= 0.3 is 0 Å². The van der Waals surface area contributed by atoms with Crippen LogP contribution in [-0.2, 0) is 0 Å². The van der Waals surface area contributed by atoms with Gasteiger partial charge in [-0.2, -0.15) is 0 Å². The largest absolute Gasteiger partial charge is 0.319 e. The Hall–Kier alpha value is -0.0400. The molecule has 1 atom stereocenters. The van der Waals surface area contributed by atoms with Crippen LogP contribution >= 0.6 is 0 Å². The standard InChI is InChI=1S/C7H17N/c1-6(2)7(3)5-8-4/h6-8H,5H2,1-4H3. The number of nitrogens with one attached hydrogen (secondary N) is 1. The Morgan fingerprint density at radius 3 is 1.88 bits per heavy atom. The molecular weight excluding hydrogens is 98.1 g/mol. The molecule has 0 rings (SSSR count). The van der Waals surface area contributed by atoms with Crippen molar-refractivity contribution in [3.05, 3.63) is 0 Å². The monoisotopic (exact) mass is 115 g/mol. The quantitative estimate of drug-likeness (QED) is 0.587. The molecule has 0 amide bonds. The Morgan fingerprint density at radius 2 is 1.75 bits per heavy atom. The maximum Gasteiger partial charge on any atom is -0.00237 e. The van der Waals surface area contributed by atoms with Crippen molar-refractivity contribution < 1.29 is 0 Å². The lowest BCUT2D eigenvalue weighted by Crippen LogP contribution is -2.20. The van der Waals surface area contributed by atoms with Crippen LogP contribution in [0.2, 0.25) is 0 Å². The SMILES string of the molecule is CNCC(C)C(C)C. The highest BCUT2D eigenvalue weighted by atomic mass is 14.8. The summed E-state index contributed by atoms with van der Waals surface area (Å²) in [5.74, 6) is 1.61. The third kappa shape index (κ3) is 3.03. The summed E-state index contributed by atoms with van der Waals surface area (Å²) in [6.45, 7) is 7.91. The molecule has 1 N–H and O–H groups in total. The van der Waals surface area contributed by atoms with Crippen LogP contribution in [-0.4, -0.2) is 13.6 Å². The normalized spacial score (nSPS) is 14.6. The Bertz CT molecular complexity index is 50.3. The average molecular weight is 115 g/mol. The highest BCUT2D eigenvalue weighted by Crippen LogP contribution is 2.06. The van der Waals surface area contributed by atoms with Gasteiger partial charge in [-0.3, -0.25) is 0 Å². The molecule has 0 spiro atoms. The van der Waals surface area contributed by atoms with E-state index >= 15 is 0 Å². The zero-order valence-corrected chi connectivity index (χ0v) is 6.36. The fourth-order valence-corrected chi connectivity index (χ4v) is 0.558. The molecule has 0 saturated carbocycles. The van der Waals surface area contributed by atoms with E-state index in [0.717, 1.165) is 18.4 Å². The summed E-state index contributed by atoms with van der Waals surface area (Å²) in [6, 6.07) is 0. The predicted molar refractivity (Wildman–Crippen MR) is 37.9 cm³/mol. The van der Waals surface area contributed by atoms with E-state index in [9.17, 15) is 0 Å². The molecule has 8 heavy (non-hydrogen) atoms. The van der Waals surface area contributed by atoms with Crippen LogP contribution in [0.3, 0.4) is 0 Å². The van der Waals surface area contributed by atoms with E-state index in [2.05, 4.69) is 26.1 Å². The van der Waals surface area contributed by atoms with E-state index in [1.54, 1.807) is 0 Å². The van der Waals surface area contributed by atoms with Crippen molar-refractivity contribution in [2.45, 2.75) is 20.8 Å². The summed E-state index contributed by atoms with van der Waals surface area (Å²) in [5.41, 5.74) is 0. The number of hydrogen-bond acceptors (Lipinski definition) is 1. The van der Waals surface area contributed by atoms with E-state index in [1.807, 2.05) is 7.05 Å². The lowest BCUT2D eigenvalue weighted by atomic mass is 9.98. The molecule has 1 nitrogen and oxygen atoms in total. The topological polar surface area (TPSA) is 12.0 Å². The zero-order valence-electron chi connectivity index (χ0n) is 6.36. The highest BCUT2D eigenvalue weighted by Gasteiger charge is 2.03. The van der Waals surface area contributed by atoms with Gasteiger partial charge in [0.1, 0.15) is 0 Å². The van der Waals surface area contributed by atoms with Gasteiger partial charge < -0.3 is 5.32 Å². The predicted octanol–water partition coefficient (Wildman–Crippen LogP) is 1.50. The van der Waals surface area contributed by atoms with Gasteiger partial charge in [0, 0.05) is 0 Å². The molecule has 0 fully saturated rings. The fourth-order valence-electron chi connectivity index (χ4n) is 0.558. The van der Waals surface area contributed by atoms with Crippen LogP contribution in [0.1, 0.15) is 20.8 Å². The maximum absolute atomic E-state index is 3.15.